The number of amides is 2. The first-order valence-corrected chi connectivity index (χ1v) is 8.63. The van der Waals surface area contributed by atoms with E-state index in [-0.39, 0.29) is 12.3 Å². The molecular formula is C20H24N2O6. The van der Waals surface area contributed by atoms with Gasteiger partial charge >= 0.3 is 0 Å². The molecule has 0 atom stereocenters. The molecule has 0 aromatic heterocycles. The zero-order valence-electron chi connectivity index (χ0n) is 16.3. The van der Waals surface area contributed by atoms with Crippen molar-refractivity contribution < 1.29 is 28.5 Å². The van der Waals surface area contributed by atoms with E-state index in [1.54, 1.807) is 36.4 Å². The van der Waals surface area contributed by atoms with Gasteiger partial charge in [0.05, 0.1) is 34.4 Å². The summed E-state index contributed by atoms with van der Waals surface area (Å²) in [5.74, 6) is 1.23. The lowest BCUT2D eigenvalue weighted by Crippen LogP contribution is -2.42. The van der Waals surface area contributed by atoms with Crippen LogP contribution >= 0.6 is 0 Å². The summed E-state index contributed by atoms with van der Waals surface area (Å²) in [5.41, 5.74) is 5.81. The fourth-order valence-corrected chi connectivity index (χ4v) is 2.50. The van der Waals surface area contributed by atoms with Crippen LogP contribution in [0, 0.1) is 0 Å². The molecular weight excluding hydrogens is 364 g/mol. The van der Waals surface area contributed by atoms with E-state index in [0.717, 1.165) is 0 Å². The maximum absolute atomic E-state index is 12.3. The zero-order valence-corrected chi connectivity index (χ0v) is 16.3. The predicted molar refractivity (Wildman–Crippen MR) is 103 cm³/mol. The molecule has 0 heterocycles. The molecule has 0 spiro atoms. The minimum absolute atomic E-state index is 0.0627. The van der Waals surface area contributed by atoms with E-state index >= 15 is 0 Å². The topological polar surface area (TPSA) is 95.1 Å². The molecule has 0 saturated carbocycles. The van der Waals surface area contributed by atoms with Crippen LogP contribution in [-0.2, 0) is 11.2 Å². The number of hydrogen-bond acceptors (Lipinski definition) is 6. The Labute approximate surface area is 163 Å². The van der Waals surface area contributed by atoms with Crippen LogP contribution in [0.5, 0.6) is 23.0 Å². The van der Waals surface area contributed by atoms with Crippen LogP contribution in [-0.4, -0.2) is 39.8 Å². The number of hydrazine groups is 1. The van der Waals surface area contributed by atoms with Gasteiger partial charge in [0.15, 0.2) is 23.0 Å². The highest BCUT2D eigenvalue weighted by atomic mass is 16.5. The fourth-order valence-electron chi connectivity index (χ4n) is 2.50. The van der Waals surface area contributed by atoms with E-state index in [1.807, 2.05) is 6.92 Å². The number of benzene rings is 2. The Balaban J connectivity index is 1.96. The first-order valence-electron chi connectivity index (χ1n) is 8.63. The maximum atomic E-state index is 12.3. The van der Waals surface area contributed by atoms with Crippen molar-refractivity contribution in [3.05, 3.63) is 47.5 Å². The smallest absolute Gasteiger partial charge is 0.269 e. The van der Waals surface area contributed by atoms with Crippen molar-refractivity contribution in [2.75, 3.05) is 27.9 Å². The summed E-state index contributed by atoms with van der Waals surface area (Å²) in [5, 5.41) is 0. The van der Waals surface area contributed by atoms with E-state index in [0.29, 0.717) is 40.7 Å². The molecule has 0 bridgehead atoms. The van der Waals surface area contributed by atoms with Crippen LogP contribution in [0.4, 0.5) is 0 Å². The van der Waals surface area contributed by atoms with Crippen molar-refractivity contribution in [2.24, 2.45) is 0 Å². The summed E-state index contributed by atoms with van der Waals surface area (Å²) < 4.78 is 21.0. The van der Waals surface area contributed by atoms with Gasteiger partial charge in [0.25, 0.3) is 5.91 Å². The predicted octanol–water partition coefficient (Wildman–Crippen LogP) is 2.11. The van der Waals surface area contributed by atoms with Gasteiger partial charge < -0.3 is 18.9 Å². The Morgan fingerprint density at radius 1 is 0.821 bits per heavy atom. The molecule has 2 amide bonds. The van der Waals surface area contributed by atoms with Crippen LogP contribution in [0.2, 0.25) is 0 Å². The molecule has 0 radical (unpaired) electrons. The van der Waals surface area contributed by atoms with E-state index in [1.165, 1.54) is 21.3 Å². The minimum Gasteiger partial charge on any atom is -0.493 e. The Hall–Kier alpha value is -3.42. The summed E-state index contributed by atoms with van der Waals surface area (Å²) in [6, 6.07) is 9.94. The lowest BCUT2D eigenvalue weighted by atomic mass is 10.1. The quantitative estimate of drug-likeness (QED) is 0.673. The molecule has 0 unspecified atom stereocenters. The summed E-state index contributed by atoms with van der Waals surface area (Å²) in [7, 11) is 4.55. The largest absolute Gasteiger partial charge is 0.493 e. The number of rotatable bonds is 8. The van der Waals surface area contributed by atoms with Crippen molar-refractivity contribution in [3.63, 3.8) is 0 Å². The third kappa shape index (κ3) is 5.29. The number of carbonyl (C=O) groups is 2. The van der Waals surface area contributed by atoms with Gasteiger partial charge in [-0.1, -0.05) is 6.07 Å². The molecule has 0 fully saturated rings. The van der Waals surface area contributed by atoms with Crippen LogP contribution in [0.25, 0.3) is 0 Å². The summed E-state index contributed by atoms with van der Waals surface area (Å²) >= 11 is 0. The number of nitrogens with one attached hydrogen (secondary N) is 2. The summed E-state index contributed by atoms with van der Waals surface area (Å²) in [6.07, 6.45) is 0.0627. The van der Waals surface area contributed by atoms with E-state index in [9.17, 15) is 9.59 Å². The highest BCUT2D eigenvalue weighted by molar-refractivity contribution is 5.96. The monoisotopic (exact) mass is 388 g/mol. The SMILES string of the molecule is CCOc1ccc(C(=O)NNC(=O)Cc2ccc(OC)c(OC)c2)cc1OC. The molecule has 2 aromatic rings. The van der Waals surface area contributed by atoms with Crippen molar-refractivity contribution >= 4 is 11.8 Å². The maximum Gasteiger partial charge on any atom is 0.269 e. The molecule has 8 nitrogen and oxygen atoms in total. The third-order valence-corrected chi connectivity index (χ3v) is 3.85. The Kier molecular flexibility index (Phi) is 7.50. The first-order chi connectivity index (χ1) is 13.5. The molecule has 0 aliphatic rings. The second kappa shape index (κ2) is 10.1. The second-order valence-corrected chi connectivity index (χ2v) is 5.67. The van der Waals surface area contributed by atoms with Gasteiger partial charge in [-0.2, -0.15) is 0 Å². The van der Waals surface area contributed by atoms with Crippen LogP contribution in [0.3, 0.4) is 0 Å². The van der Waals surface area contributed by atoms with Gasteiger partial charge in [0.1, 0.15) is 0 Å². The van der Waals surface area contributed by atoms with Gasteiger partial charge in [0, 0.05) is 5.56 Å². The van der Waals surface area contributed by atoms with Gasteiger partial charge in [-0.3, -0.25) is 20.4 Å². The van der Waals surface area contributed by atoms with Crippen LogP contribution in [0.1, 0.15) is 22.8 Å². The molecule has 0 aliphatic carbocycles. The fraction of sp³-hybridized carbons (Fsp3) is 0.300. The molecule has 8 heteroatoms. The molecule has 0 aliphatic heterocycles. The molecule has 2 aromatic carbocycles. The van der Waals surface area contributed by atoms with Gasteiger partial charge in [-0.05, 0) is 42.8 Å². The number of hydrogen-bond donors (Lipinski definition) is 2. The van der Waals surface area contributed by atoms with E-state index in [2.05, 4.69) is 10.9 Å². The zero-order chi connectivity index (χ0) is 20.5. The summed E-state index contributed by atoms with van der Waals surface area (Å²) in [4.78, 5) is 24.4. The number of carbonyl (C=O) groups excluding carboxylic acids is 2. The van der Waals surface area contributed by atoms with Crippen LogP contribution in [0.15, 0.2) is 36.4 Å². The highest BCUT2D eigenvalue weighted by Crippen LogP contribution is 2.28. The minimum atomic E-state index is -0.470. The normalized spacial score (nSPS) is 10.0. The molecule has 150 valence electrons. The van der Waals surface area contributed by atoms with Crippen LogP contribution < -0.4 is 29.8 Å². The van der Waals surface area contributed by atoms with Crippen molar-refractivity contribution in [1.29, 1.82) is 0 Å². The second-order valence-electron chi connectivity index (χ2n) is 5.67. The lowest BCUT2D eigenvalue weighted by Gasteiger charge is -2.12. The lowest BCUT2D eigenvalue weighted by molar-refractivity contribution is -0.121. The Morgan fingerprint density at radius 3 is 2.11 bits per heavy atom. The van der Waals surface area contributed by atoms with Gasteiger partial charge in [-0.15, -0.1) is 0 Å². The average Bonchev–Trinajstić information content (AvgIpc) is 2.72. The van der Waals surface area contributed by atoms with Crippen molar-refractivity contribution in [1.82, 2.24) is 10.9 Å². The number of methoxy groups -OCH3 is 3. The van der Waals surface area contributed by atoms with Crippen molar-refractivity contribution in [3.8, 4) is 23.0 Å². The summed E-state index contributed by atoms with van der Waals surface area (Å²) in [6.45, 7) is 2.34. The molecule has 0 saturated heterocycles. The van der Waals surface area contributed by atoms with Crippen molar-refractivity contribution in [2.45, 2.75) is 13.3 Å². The number of ether oxygens (including phenoxy) is 4. The highest BCUT2D eigenvalue weighted by Gasteiger charge is 2.13. The molecule has 2 N–H and O–H groups in total. The third-order valence-electron chi connectivity index (χ3n) is 3.85. The Bertz CT molecular complexity index is 837. The van der Waals surface area contributed by atoms with E-state index < -0.39 is 5.91 Å². The van der Waals surface area contributed by atoms with Gasteiger partial charge in [-0.25, -0.2) is 0 Å². The Morgan fingerprint density at radius 2 is 1.46 bits per heavy atom. The first kappa shape index (κ1) is 20.9. The van der Waals surface area contributed by atoms with E-state index in [4.69, 9.17) is 18.9 Å². The average molecular weight is 388 g/mol. The standard InChI is InChI=1S/C20H24N2O6/c1-5-28-16-9-7-14(12-18(16)27-4)20(24)22-21-19(23)11-13-6-8-15(25-2)17(10-13)26-3/h6-10,12H,5,11H2,1-4H3,(H,21,23)(H,22,24). The van der Waals surface area contributed by atoms with Gasteiger partial charge in [0.2, 0.25) is 5.91 Å². The molecule has 2 rings (SSSR count). The molecule has 28 heavy (non-hydrogen) atoms.